The lowest BCUT2D eigenvalue weighted by Crippen LogP contribution is -2.53. The third-order valence-corrected chi connectivity index (χ3v) is 7.56. The van der Waals surface area contributed by atoms with E-state index in [9.17, 15) is 23.1 Å². The number of ether oxygens (including phenoxy) is 1. The van der Waals surface area contributed by atoms with Gasteiger partial charge in [0.1, 0.15) is 11.6 Å². The van der Waals surface area contributed by atoms with Crippen LogP contribution in [0.2, 0.25) is 0 Å². The van der Waals surface area contributed by atoms with Crippen molar-refractivity contribution in [3.63, 3.8) is 0 Å². The minimum Gasteiger partial charge on any atom is -0.496 e. The monoisotopic (exact) mass is 472 g/mol. The zero-order valence-corrected chi connectivity index (χ0v) is 19.1. The normalized spacial score (nSPS) is 21.5. The standard InChI is InChI=1S/C26H27F3N2O3/c1-15-9-22(34-2)19(17-5-7-30-23(15)17)12-31-8-6-25(13-26(28,29)14-25)11-21(31)16-3-4-18(24(32)33)20(27)10-16/h3-5,7,9-10,21,30H,6,8,11-14H2,1-2H3,(H,32,33)/t21-/m0/s1. The predicted octanol–water partition coefficient (Wildman–Crippen LogP) is 6.07. The van der Waals surface area contributed by atoms with Gasteiger partial charge >= 0.3 is 5.97 Å². The molecule has 8 heteroatoms. The number of aromatic carboxylic acids is 1. The highest BCUT2D eigenvalue weighted by Gasteiger charge is 2.58. The molecule has 5 rings (SSSR count). The molecule has 0 radical (unpaired) electrons. The molecule has 3 aromatic rings. The summed E-state index contributed by atoms with van der Waals surface area (Å²) in [5, 5.41) is 10.2. The summed E-state index contributed by atoms with van der Waals surface area (Å²) in [5.74, 6) is -4.06. The fourth-order valence-electron chi connectivity index (χ4n) is 5.96. The van der Waals surface area contributed by atoms with E-state index in [0.717, 1.165) is 27.8 Å². The molecule has 1 aliphatic carbocycles. The van der Waals surface area contributed by atoms with Crippen LogP contribution in [-0.4, -0.2) is 40.5 Å². The van der Waals surface area contributed by atoms with E-state index in [1.54, 1.807) is 13.2 Å². The van der Waals surface area contributed by atoms with Gasteiger partial charge in [0.05, 0.1) is 12.7 Å². The molecule has 2 fully saturated rings. The van der Waals surface area contributed by atoms with Gasteiger partial charge in [-0.15, -0.1) is 0 Å². The number of H-pyrrole nitrogens is 1. The van der Waals surface area contributed by atoms with Gasteiger partial charge in [-0.3, -0.25) is 4.90 Å². The smallest absolute Gasteiger partial charge is 0.338 e. The third kappa shape index (κ3) is 3.83. The van der Waals surface area contributed by atoms with Crippen LogP contribution in [0.5, 0.6) is 5.75 Å². The van der Waals surface area contributed by atoms with E-state index in [4.69, 9.17) is 4.74 Å². The van der Waals surface area contributed by atoms with E-state index < -0.39 is 28.7 Å². The van der Waals surface area contributed by atoms with Gasteiger partial charge in [-0.05, 0) is 67.1 Å². The van der Waals surface area contributed by atoms with Gasteiger partial charge in [0.15, 0.2) is 0 Å². The zero-order valence-electron chi connectivity index (χ0n) is 19.1. The summed E-state index contributed by atoms with van der Waals surface area (Å²) in [6.45, 7) is 3.07. The third-order valence-electron chi connectivity index (χ3n) is 7.56. The number of halogens is 3. The number of aromatic nitrogens is 1. The molecule has 0 unspecified atom stereocenters. The topological polar surface area (TPSA) is 65.6 Å². The number of aromatic amines is 1. The molecule has 0 amide bonds. The van der Waals surface area contributed by atoms with E-state index in [1.807, 2.05) is 25.3 Å². The Morgan fingerprint density at radius 2 is 2.03 bits per heavy atom. The molecule has 1 aliphatic heterocycles. The minimum absolute atomic E-state index is 0.157. The first kappa shape index (κ1) is 22.8. The number of likely N-dealkylation sites (tertiary alicyclic amines) is 1. The summed E-state index contributed by atoms with van der Waals surface area (Å²) in [6.07, 6.45) is 2.67. The second-order valence-electron chi connectivity index (χ2n) is 9.83. The van der Waals surface area contributed by atoms with E-state index in [0.29, 0.717) is 31.5 Å². The molecule has 1 atom stereocenters. The Hall–Kier alpha value is -3.00. The Morgan fingerprint density at radius 3 is 2.68 bits per heavy atom. The van der Waals surface area contributed by atoms with Crippen LogP contribution >= 0.6 is 0 Å². The van der Waals surface area contributed by atoms with Gasteiger partial charge in [0.2, 0.25) is 5.92 Å². The molecule has 2 aliphatic rings. The highest BCUT2D eigenvalue weighted by molar-refractivity contribution is 5.88. The van der Waals surface area contributed by atoms with Crippen LogP contribution in [0.4, 0.5) is 13.2 Å². The molecule has 1 aromatic heterocycles. The molecule has 2 heterocycles. The SMILES string of the molecule is COc1cc(C)c2[nH]ccc2c1CN1CCC2(C[C@H]1c1ccc(C(=O)O)c(F)c1)CC(F)(F)C2. The Labute approximate surface area is 195 Å². The number of rotatable bonds is 5. The first-order valence-electron chi connectivity index (χ1n) is 11.4. The van der Waals surface area contributed by atoms with Crippen molar-refractivity contribution in [3.8, 4) is 5.75 Å². The maximum Gasteiger partial charge on any atom is 0.338 e. The van der Waals surface area contributed by atoms with Crippen molar-refractivity contribution >= 4 is 16.9 Å². The van der Waals surface area contributed by atoms with E-state index in [-0.39, 0.29) is 18.9 Å². The number of nitrogens with one attached hydrogen (secondary N) is 1. The molecule has 2 aromatic carbocycles. The number of methoxy groups -OCH3 is 1. The number of carbonyl (C=O) groups is 1. The molecule has 1 saturated carbocycles. The van der Waals surface area contributed by atoms with Crippen molar-refractivity contribution in [1.29, 1.82) is 0 Å². The van der Waals surface area contributed by atoms with Crippen molar-refractivity contribution < 1.29 is 27.8 Å². The molecule has 34 heavy (non-hydrogen) atoms. The van der Waals surface area contributed by atoms with Crippen molar-refractivity contribution in [2.75, 3.05) is 13.7 Å². The van der Waals surface area contributed by atoms with Crippen molar-refractivity contribution in [3.05, 3.63) is 64.6 Å². The fourth-order valence-corrected chi connectivity index (χ4v) is 5.96. The number of benzene rings is 2. The molecule has 5 nitrogen and oxygen atoms in total. The zero-order chi connectivity index (χ0) is 24.3. The summed E-state index contributed by atoms with van der Waals surface area (Å²) in [6, 6.07) is 7.77. The Bertz CT molecular complexity index is 1260. The molecule has 1 saturated heterocycles. The van der Waals surface area contributed by atoms with Crippen molar-refractivity contribution in [1.82, 2.24) is 9.88 Å². The number of carboxylic acids is 1. The van der Waals surface area contributed by atoms with Crippen LogP contribution in [-0.2, 0) is 6.54 Å². The lowest BCUT2D eigenvalue weighted by Gasteiger charge is -2.54. The quantitative estimate of drug-likeness (QED) is 0.473. The van der Waals surface area contributed by atoms with Crippen LogP contribution in [0.25, 0.3) is 10.9 Å². The summed E-state index contributed by atoms with van der Waals surface area (Å²) < 4.78 is 48.0. The van der Waals surface area contributed by atoms with Crippen LogP contribution in [0.1, 0.15) is 58.8 Å². The number of aryl methyl sites for hydroxylation is 1. The van der Waals surface area contributed by atoms with Gasteiger partial charge < -0.3 is 14.8 Å². The predicted molar refractivity (Wildman–Crippen MR) is 122 cm³/mol. The average molecular weight is 473 g/mol. The van der Waals surface area contributed by atoms with E-state index >= 15 is 0 Å². The maximum absolute atomic E-state index is 14.6. The van der Waals surface area contributed by atoms with E-state index in [1.165, 1.54) is 12.1 Å². The average Bonchev–Trinajstić information content (AvgIpc) is 3.25. The lowest BCUT2D eigenvalue weighted by molar-refractivity contribution is -0.186. The van der Waals surface area contributed by atoms with Gasteiger partial charge in [-0.1, -0.05) is 6.07 Å². The summed E-state index contributed by atoms with van der Waals surface area (Å²) >= 11 is 0. The first-order chi connectivity index (χ1) is 16.1. The van der Waals surface area contributed by atoms with Crippen LogP contribution < -0.4 is 4.74 Å². The number of fused-ring (bicyclic) bond motifs is 1. The first-order valence-corrected chi connectivity index (χ1v) is 11.4. The van der Waals surface area contributed by atoms with Crippen LogP contribution in [0, 0.1) is 18.2 Å². The van der Waals surface area contributed by atoms with Gasteiger partial charge in [-0.25, -0.2) is 18.0 Å². The minimum atomic E-state index is -2.65. The number of hydrogen-bond acceptors (Lipinski definition) is 3. The van der Waals surface area contributed by atoms with Crippen LogP contribution in [0.15, 0.2) is 36.5 Å². The number of nitrogens with zero attached hydrogens (tertiary/aromatic N) is 1. The summed E-state index contributed by atoms with van der Waals surface area (Å²) in [7, 11) is 1.62. The second kappa shape index (κ2) is 8.05. The summed E-state index contributed by atoms with van der Waals surface area (Å²) in [5.41, 5.74) is 2.77. The highest BCUT2D eigenvalue weighted by Crippen LogP contribution is 2.60. The van der Waals surface area contributed by atoms with Crippen molar-refractivity contribution in [2.24, 2.45) is 5.41 Å². The van der Waals surface area contributed by atoms with Gasteiger partial charge in [0.25, 0.3) is 0 Å². The Kier molecular flexibility index (Phi) is 5.39. The van der Waals surface area contributed by atoms with Crippen molar-refractivity contribution in [2.45, 2.75) is 51.1 Å². The van der Waals surface area contributed by atoms with Gasteiger partial charge in [-0.2, -0.15) is 0 Å². The lowest BCUT2D eigenvalue weighted by atomic mass is 9.59. The maximum atomic E-state index is 14.6. The Balaban J connectivity index is 1.53. The molecule has 180 valence electrons. The number of hydrogen-bond donors (Lipinski definition) is 2. The van der Waals surface area contributed by atoms with E-state index in [2.05, 4.69) is 9.88 Å². The number of carboxylic acid groups (broad SMARTS) is 1. The summed E-state index contributed by atoms with van der Waals surface area (Å²) in [4.78, 5) is 16.7. The highest BCUT2D eigenvalue weighted by atomic mass is 19.3. The number of piperidine rings is 1. The molecule has 1 spiro atoms. The molecule has 2 N–H and O–H groups in total. The molecular formula is C26H27F3N2O3. The number of alkyl halides is 2. The second-order valence-corrected chi connectivity index (χ2v) is 9.83. The van der Waals surface area contributed by atoms with Gasteiger partial charge in [0, 0.05) is 48.1 Å². The van der Waals surface area contributed by atoms with Crippen LogP contribution in [0.3, 0.4) is 0 Å². The molecule has 0 bridgehead atoms. The largest absolute Gasteiger partial charge is 0.496 e. The molecular weight excluding hydrogens is 445 g/mol. The Morgan fingerprint density at radius 1 is 1.26 bits per heavy atom. The fraction of sp³-hybridized carbons (Fsp3) is 0.423.